The smallest absolute Gasteiger partial charge is 0.341 e. The van der Waals surface area contributed by atoms with Crippen LogP contribution in [0.5, 0.6) is 0 Å². The highest BCUT2D eigenvalue weighted by Crippen LogP contribution is 2.12. The van der Waals surface area contributed by atoms with Crippen molar-refractivity contribution in [3.63, 3.8) is 0 Å². The number of halogens is 1. The van der Waals surface area contributed by atoms with Crippen molar-refractivity contribution in [2.24, 2.45) is 0 Å². The Morgan fingerprint density at radius 1 is 1.59 bits per heavy atom. The van der Waals surface area contributed by atoms with Crippen LogP contribution in [0.1, 0.15) is 10.4 Å². The van der Waals surface area contributed by atoms with Crippen molar-refractivity contribution in [1.29, 1.82) is 0 Å². The number of hydrogen-bond donors (Lipinski definition) is 1. The highest BCUT2D eigenvalue weighted by atomic mass is 35.5. The highest BCUT2D eigenvalue weighted by Gasteiger charge is 2.13. The van der Waals surface area contributed by atoms with Gasteiger partial charge in [-0.15, -0.1) is 6.42 Å². The Hall–Kier alpha value is -2.06. The molecule has 0 saturated carbocycles. The first kappa shape index (κ1) is 13.0. The van der Waals surface area contributed by atoms with E-state index >= 15 is 0 Å². The summed E-state index contributed by atoms with van der Waals surface area (Å²) in [6.45, 7) is -0.324. The Morgan fingerprint density at radius 2 is 2.35 bits per heavy atom. The van der Waals surface area contributed by atoms with Crippen LogP contribution in [0.25, 0.3) is 0 Å². The van der Waals surface area contributed by atoms with E-state index in [1.807, 2.05) is 0 Å². The van der Waals surface area contributed by atoms with E-state index in [0.29, 0.717) is 0 Å². The number of carbonyl (C=O) groups is 2. The maximum absolute atomic E-state index is 11.5. The van der Waals surface area contributed by atoms with Crippen LogP contribution in [0.15, 0.2) is 18.3 Å². The number of carbonyl (C=O) groups excluding carboxylic acids is 2. The molecule has 0 aliphatic carbocycles. The first-order valence-electron chi connectivity index (χ1n) is 4.63. The van der Waals surface area contributed by atoms with E-state index in [0.717, 1.165) is 0 Å². The molecule has 0 atom stereocenters. The van der Waals surface area contributed by atoms with E-state index in [-0.39, 0.29) is 17.3 Å². The fourth-order valence-electron chi connectivity index (χ4n) is 0.948. The van der Waals surface area contributed by atoms with Crippen molar-refractivity contribution < 1.29 is 14.3 Å². The van der Waals surface area contributed by atoms with Crippen molar-refractivity contribution in [3.05, 3.63) is 29.0 Å². The third kappa shape index (κ3) is 4.13. The molecule has 1 rings (SSSR count). The SMILES string of the molecule is C#CCNC(=O)COC(=O)c1cccnc1Cl. The Morgan fingerprint density at radius 3 is 3.00 bits per heavy atom. The number of ether oxygens (including phenoxy) is 1. The Balaban J connectivity index is 2.49. The molecule has 0 unspecified atom stereocenters. The summed E-state index contributed by atoms with van der Waals surface area (Å²) in [5.74, 6) is 1.04. The molecule has 17 heavy (non-hydrogen) atoms. The number of nitrogens with zero attached hydrogens (tertiary/aromatic N) is 1. The normalized spacial score (nSPS) is 9.18. The second-order valence-electron chi connectivity index (χ2n) is 2.90. The fraction of sp³-hybridized carbons (Fsp3) is 0.182. The molecule has 88 valence electrons. The third-order valence-corrected chi connectivity index (χ3v) is 2.00. The number of rotatable bonds is 4. The number of aromatic nitrogens is 1. The average Bonchev–Trinajstić information content (AvgIpc) is 2.34. The highest BCUT2D eigenvalue weighted by molar-refractivity contribution is 6.32. The number of hydrogen-bond acceptors (Lipinski definition) is 4. The zero-order valence-electron chi connectivity index (χ0n) is 8.77. The minimum absolute atomic E-state index is 0.0292. The number of amides is 1. The zero-order valence-corrected chi connectivity index (χ0v) is 9.53. The van der Waals surface area contributed by atoms with E-state index in [4.69, 9.17) is 22.8 Å². The molecule has 0 aromatic carbocycles. The lowest BCUT2D eigenvalue weighted by Crippen LogP contribution is -2.29. The summed E-state index contributed by atoms with van der Waals surface area (Å²) in [5, 5.41) is 2.38. The minimum atomic E-state index is -0.709. The van der Waals surface area contributed by atoms with Gasteiger partial charge in [-0.05, 0) is 12.1 Å². The van der Waals surface area contributed by atoms with E-state index < -0.39 is 18.5 Å². The van der Waals surface area contributed by atoms with Crippen LogP contribution in [-0.2, 0) is 9.53 Å². The standard InChI is InChI=1S/C11H9ClN2O3/c1-2-5-13-9(15)7-17-11(16)8-4-3-6-14-10(8)12/h1,3-4,6H,5,7H2,(H,13,15). The summed E-state index contributed by atoms with van der Waals surface area (Å²) in [6.07, 6.45) is 6.39. The summed E-state index contributed by atoms with van der Waals surface area (Å²) < 4.78 is 4.72. The zero-order chi connectivity index (χ0) is 12.7. The van der Waals surface area contributed by atoms with Gasteiger partial charge in [-0.2, -0.15) is 0 Å². The quantitative estimate of drug-likeness (QED) is 0.485. The molecular weight excluding hydrogens is 244 g/mol. The first-order chi connectivity index (χ1) is 8.15. The molecule has 1 aromatic heterocycles. The summed E-state index contributed by atoms with van der Waals surface area (Å²) in [7, 11) is 0. The summed E-state index contributed by atoms with van der Waals surface area (Å²) in [5.41, 5.74) is 0.110. The van der Waals surface area contributed by atoms with Gasteiger partial charge in [-0.1, -0.05) is 17.5 Å². The first-order valence-corrected chi connectivity index (χ1v) is 5.00. The van der Waals surface area contributed by atoms with Crippen molar-refractivity contribution >= 4 is 23.5 Å². The Kier molecular flexibility index (Phi) is 4.98. The number of esters is 1. The van der Waals surface area contributed by atoms with E-state index in [9.17, 15) is 9.59 Å². The molecule has 0 saturated heterocycles. The van der Waals surface area contributed by atoms with Crippen molar-refractivity contribution in [3.8, 4) is 12.3 Å². The lowest BCUT2D eigenvalue weighted by atomic mass is 10.3. The van der Waals surface area contributed by atoms with Crippen LogP contribution >= 0.6 is 11.6 Å². The lowest BCUT2D eigenvalue weighted by Gasteiger charge is -2.05. The second kappa shape index (κ2) is 6.51. The van der Waals surface area contributed by atoms with Crippen LogP contribution in [0, 0.1) is 12.3 Å². The molecule has 5 nitrogen and oxygen atoms in total. The van der Waals surface area contributed by atoms with Crippen LogP contribution in [0.2, 0.25) is 5.15 Å². The van der Waals surface area contributed by atoms with Gasteiger partial charge in [0.1, 0.15) is 5.15 Å². The second-order valence-corrected chi connectivity index (χ2v) is 3.26. The maximum atomic E-state index is 11.5. The Labute approximate surface area is 103 Å². The van der Waals surface area contributed by atoms with Gasteiger partial charge in [0.05, 0.1) is 12.1 Å². The van der Waals surface area contributed by atoms with E-state index in [1.165, 1.54) is 12.3 Å². The monoisotopic (exact) mass is 252 g/mol. The molecule has 0 aliphatic rings. The summed E-state index contributed by atoms with van der Waals surface area (Å²) in [6, 6.07) is 3.00. The number of pyridine rings is 1. The van der Waals surface area contributed by atoms with Crippen LogP contribution in [0.4, 0.5) is 0 Å². The molecule has 6 heteroatoms. The van der Waals surface area contributed by atoms with Gasteiger partial charge >= 0.3 is 5.97 Å². The molecule has 1 N–H and O–H groups in total. The van der Waals surface area contributed by atoms with Crippen LogP contribution < -0.4 is 5.32 Å². The minimum Gasteiger partial charge on any atom is -0.452 e. The molecule has 0 bridgehead atoms. The van der Waals surface area contributed by atoms with Crippen LogP contribution in [-0.4, -0.2) is 30.0 Å². The molecule has 0 aliphatic heterocycles. The largest absolute Gasteiger partial charge is 0.452 e. The molecule has 1 amide bonds. The molecule has 0 radical (unpaired) electrons. The topological polar surface area (TPSA) is 68.3 Å². The van der Waals surface area contributed by atoms with Gasteiger partial charge in [0.15, 0.2) is 6.61 Å². The van der Waals surface area contributed by atoms with Gasteiger partial charge in [-0.25, -0.2) is 9.78 Å². The average molecular weight is 253 g/mol. The van der Waals surface area contributed by atoms with Gasteiger partial charge < -0.3 is 10.1 Å². The molecule has 0 spiro atoms. The molecule has 0 fully saturated rings. The predicted octanol–water partition coefficient (Wildman–Crippen LogP) is 0.641. The van der Waals surface area contributed by atoms with Gasteiger partial charge in [0.2, 0.25) is 0 Å². The van der Waals surface area contributed by atoms with Gasteiger partial charge in [0.25, 0.3) is 5.91 Å². The summed E-state index contributed by atoms with van der Waals surface area (Å²) in [4.78, 5) is 26.3. The lowest BCUT2D eigenvalue weighted by molar-refractivity contribution is -0.123. The fourth-order valence-corrected chi connectivity index (χ4v) is 1.14. The molecule has 1 heterocycles. The summed E-state index contributed by atoms with van der Waals surface area (Å²) >= 11 is 5.68. The van der Waals surface area contributed by atoms with E-state index in [2.05, 4.69) is 16.2 Å². The van der Waals surface area contributed by atoms with Gasteiger partial charge in [-0.3, -0.25) is 4.79 Å². The van der Waals surface area contributed by atoms with Crippen LogP contribution in [0.3, 0.4) is 0 Å². The van der Waals surface area contributed by atoms with Crippen molar-refractivity contribution in [2.45, 2.75) is 0 Å². The van der Waals surface area contributed by atoms with E-state index in [1.54, 1.807) is 6.07 Å². The van der Waals surface area contributed by atoms with Crippen molar-refractivity contribution in [1.82, 2.24) is 10.3 Å². The van der Waals surface area contributed by atoms with Gasteiger partial charge in [0, 0.05) is 6.20 Å². The van der Waals surface area contributed by atoms with Crippen molar-refractivity contribution in [2.75, 3.05) is 13.2 Å². The predicted molar refractivity (Wildman–Crippen MR) is 61.4 cm³/mol. The Bertz CT molecular complexity index is 468. The third-order valence-electron chi connectivity index (χ3n) is 1.70. The number of terminal acetylenes is 1. The number of nitrogens with one attached hydrogen (secondary N) is 1. The maximum Gasteiger partial charge on any atom is 0.341 e. The molecular formula is C11H9ClN2O3. The molecule has 1 aromatic rings.